The molecule has 1 aliphatic carbocycles. The molecule has 0 atom stereocenters. The molecule has 1 aromatic carbocycles. The first-order valence-corrected chi connectivity index (χ1v) is 11.1. The number of nitrogens with two attached hydrogens (primary N) is 1. The maximum Gasteiger partial charge on any atom is 0.255 e. The molecule has 1 fully saturated rings. The van der Waals surface area contributed by atoms with E-state index in [9.17, 15) is 13.2 Å². The van der Waals surface area contributed by atoms with Gasteiger partial charge in [0.2, 0.25) is 5.88 Å². The Labute approximate surface area is 164 Å². The number of benzene rings is 1. The second-order valence-electron chi connectivity index (χ2n) is 6.95. The van der Waals surface area contributed by atoms with E-state index in [0.717, 1.165) is 37.5 Å². The fourth-order valence-electron chi connectivity index (χ4n) is 3.21. The second kappa shape index (κ2) is 8.52. The third-order valence-corrected chi connectivity index (χ3v) is 5.25. The predicted octanol–water partition coefficient (Wildman–Crippen LogP) is 3.13. The number of hydrogen-bond donors (Lipinski definition) is 1. The number of nitrogens with zero attached hydrogens (tertiary/aromatic N) is 2. The molecule has 1 amide bonds. The zero-order valence-electron chi connectivity index (χ0n) is 15.7. The van der Waals surface area contributed by atoms with Crippen molar-refractivity contribution < 1.29 is 17.9 Å². The van der Waals surface area contributed by atoms with Crippen molar-refractivity contribution in [2.24, 2.45) is 5.73 Å². The molecule has 2 aromatic rings. The van der Waals surface area contributed by atoms with E-state index in [4.69, 9.17) is 10.5 Å². The van der Waals surface area contributed by atoms with E-state index >= 15 is 0 Å². The van der Waals surface area contributed by atoms with Gasteiger partial charge in [-0.25, -0.2) is 13.4 Å². The summed E-state index contributed by atoms with van der Waals surface area (Å²) in [5, 5.41) is 1.17. The minimum absolute atomic E-state index is 0.129. The SMILES string of the molecule is CS(=O)(=O)/C=C/Cc1cccc(Oc2nc(C3CCCC3)ncc2C(N)=O)c1. The third kappa shape index (κ3) is 5.39. The summed E-state index contributed by atoms with van der Waals surface area (Å²) in [7, 11) is -3.16. The topological polar surface area (TPSA) is 112 Å². The minimum atomic E-state index is -3.16. The minimum Gasteiger partial charge on any atom is -0.438 e. The van der Waals surface area contributed by atoms with Gasteiger partial charge >= 0.3 is 0 Å². The van der Waals surface area contributed by atoms with E-state index in [2.05, 4.69) is 9.97 Å². The number of carbonyl (C=O) groups excluding carboxylic acids is 1. The average molecular weight is 401 g/mol. The molecule has 0 radical (unpaired) electrons. The zero-order valence-corrected chi connectivity index (χ0v) is 16.5. The Hall–Kier alpha value is -2.74. The van der Waals surface area contributed by atoms with Crippen LogP contribution in [0.4, 0.5) is 0 Å². The monoisotopic (exact) mass is 401 g/mol. The van der Waals surface area contributed by atoms with Gasteiger partial charge in [-0.05, 0) is 37.0 Å². The van der Waals surface area contributed by atoms with Crippen molar-refractivity contribution in [1.82, 2.24) is 9.97 Å². The first-order valence-electron chi connectivity index (χ1n) is 9.12. The van der Waals surface area contributed by atoms with E-state index in [1.165, 1.54) is 11.6 Å². The summed E-state index contributed by atoms with van der Waals surface area (Å²) in [4.78, 5) is 20.5. The number of primary amides is 1. The molecule has 8 heteroatoms. The van der Waals surface area contributed by atoms with Crippen LogP contribution in [0.25, 0.3) is 0 Å². The lowest BCUT2D eigenvalue weighted by atomic mass is 10.1. The van der Waals surface area contributed by atoms with Gasteiger partial charge in [0, 0.05) is 23.8 Å². The van der Waals surface area contributed by atoms with Crippen LogP contribution in [0.3, 0.4) is 0 Å². The Balaban J connectivity index is 1.83. The highest BCUT2D eigenvalue weighted by Crippen LogP contribution is 2.34. The van der Waals surface area contributed by atoms with Gasteiger partial charge in [-0.1, -0.05) is 31.1 Å². The predicted molar refractivity (Wildman–Crippen MR) is 106 cm³/mol. The van der Waals surface area contributed by atoms with Gasteiger partial charge in [-0.15, -0.1) is 0 Å². The molecule has 0 spiro atoms. The van der Waals surface area contributed by atoms with Gasteiger partial charge in [0.1, 0.15) is 17.1 Å². The van der Waals surface area contributed by atoms with Crippen molar-refractivity contribution in [3.05, 3.63) is 58.9 Å². The molecule has 0 bridgehead atoms. The van der Waals surface area contributed by atoms with Crippen molar-refractivity contribution in [1.29, 1.82) is 0 Å². The van der Waals surface area contributed by atoms with Crippen LogP contribution in [0.15, 0.2) is 41.9 Å². The number of rotatable bonds is 7. The Morgan fingerprint density at radius 2 is 2.07 bits per heavy atom. The Kier molecular flexibility index (Phi) is 6.08. The Morgan fingerprint density at radius 1 is 1.32 bits per heavy atom. The summed E-state index contributed by atoms with van der Waals surface area (Å²) < 4.78 is 28.3. The first-order chi connectivity index (χ1) is 13.3. The van der Waals surface area contributed by atoms with Gasteiger partial charge in [-0.3, -0.25) is 4.79 Å². The van der Waals surface area contributed by atoms with E-state index in [1.807, 2.05) is 6.07 Å². The smallest absolute Gasteiger partial charge is 0.255 e. The van der Waals surface area contributed by atoms with Gasteiger partial charge < -0.3 is 10.5 Å². The van der Waals surface area contributed by atoms with Crippen molar-refractivity contribution >= 4 is 15.7 Å². The fraction of sp³-hybridized carbons (Fsp3) is 0.350. The molecule has 2 N–H and O–H groups in total. The fourth-order valence-corrected chi connectivity index (χ4v) is 3.66. The number of ether oxygens (including phenoxy) is 1. The van der Waals surface area contributed by atoms with Crippen LogP contribution in [-0.2, 0) is 16.3 Å². The normalized spacial score (nSPS) is 15.2. The molecule has 1 saturated carbocycles. The summed E-state index contributed by atoms with van der Waals surface area (Å²) in [5.74, 6) is 0.929. The van der Waals surface area contributed by atoms with Gasteiger partial charge in [-0.2, -0.15) is 4.98 Å². The maximum atomic E-state index is 11.7. The average Bonchev–Trinajstić information content (AvgIpc) is 3.15. The van der Waals surface area contributed by atoms with Gasteiger partial charge in [0.25, 0.3) is 5.91 Å². The number of carbonyl (C=O) groups is 1. The third-order valence-electron chi connectivity index (χ3n) is 4.57. The zero-order chi connectivity index (χ0) is 20.1. The highest BCUT2D eigenvalue weighted by molar-refractivity contribution is 7.93. The quantitative estimate of drug-likeness (QED) is 0.763. The van der Waals surface area contributed by atoms with Gasteiger partial charge in [0.05, 0.1) is 0 Å². The van der Waals surface area contributed by atoms with Crippen LogP contribution in [-0.4, -0.2) is 30.5 Å². The highest BCUT2D eigenvalue weighted by atomic mass is 32.2. The molecule has 0 saturated heterocycles. The molecule has 28 heavy (non-hydrogen) atoms. The van der Waals surface area contributed by atoms with E-state index in [0.29, 0.717) is 18.0 Å². The van der Waals surface area contributed by atoms with Crippen molar-refractivity contribution in [3.8, 4) is 11.6 Å². The molecule has 148 valence electrons. The van der Waals surface area contributed by atoms with Crippen LogP contribution >= 0.6 is 0 Å². The molecule has 1 aliphatic rings. The molecular weight excluding hydrogens is 378 g/mol. The van der Waals surface area contributed by atoms with Crippen molar-refractivity contribution in [3.63, 3.8) is 0 Å². The number of amides is 1. The van der Waals surface area contributed by atoms with Crippen LogP contribution in [0.5, 0.6) is 11.6 Å². The van der Waals surface area contributed by atoms with E-state index in [-0.39, 0.29) is 17.4 Å². The van der Waals surface area contributed by atoms with Crippen molar-refractivity contribution in [2.75, 3.05) is 6.26 Å². The van der Waals surface area contributed by atoms with Crippen LogP contribution in [0.2, 0.25) is 0 Å². The first kappa shape index (κ1) is 20.0. The number of hydrogen-bond acceptors (Lipinski definition) is 6. The highest BCUT2D eigenvalue weighted by Gasteiger charge is 2.22. The number of allylic oxidation sites excluding steroid dienone is 1. The molecule has 1 heterocycles. The van der Waals surface area contributed by atoms with Crippen LogP contribution < -0.4 is 10.5 Å². The van der Waals surface area contributed by atoms with E-state index < -0.39 is 15.7 Å². The standard InChI is InChI=1S/C20H23N3O4S/c1-28(25,26)11-5-7-14-6-4-10-16(12-14)27-20-17(18(21)24)13-22-19(23-20)15-8-2-3-9-15/h4-6,10-13,15H,2-3,7-9H2,1H3,(H2,21,24)/b11-5+. The van der Waals surface area contributed by atoms with E-state index in [1.54, 1.807) is 24.3 Å². The lowest BCUT2D eigenvalue weighted by molar-refractivity contribution is 0.0997. The summed E-state index contributed by atoms with van der Waals surface area (Å²) in [6, 6.07) is 7.17. The molecule has 0 unspecified atom stereocenters. The Morgan fingerprint density at radius 3 is 2.75 bits per heavy atom. The Bertz CT molecular complexity index is 996. The summed E-state index contributed by atoms with van der Waals surface area (Å²) in [6.45, 7) is 0. The van der Waals surface area contributed by atoms with Crippen molar-refractivity contribution in [2.45, 2.75) is 38.0 Å². The summed E-state index contributed by atoms with van der Waals surface area (Å²) in [5.41, 5.74) is 6.44. The lowest BCUT2D eigenvalue weighted by Crippen LogP contribution is -2.15. The largest absolute Gasteiger partial charge is 0.438 e. The molecule has 0 aliphatic heterocycles. The molecule has 7 nitrogen and oxygen atoms in total. The molecule has 1 aromatic heterocycles. The summed E-state index contributed by atoms with van der Waals surface area (Å²) in [6.07, 6.45) is 8.92. The number of aromatic nitrogens is 2. The number of sulfone groups is 1. The summed E-state index contributed by atoms with van der Waals surface area (Å²) >= 11 is 0. The molecule has 3 rings (SSSR count). The van der Waals surface area contributed by atoms with Crippen LogP contribution in [0.1, 0.15) is 53.3 Å². The van der Waals surface area contributed by atoms with Crippen LogP contribution in [0, 0.1) is 0 Å². The second-order valence-corrected chi connectivity index (χ2v) is 8.88. The molecular formula is C20H23N3O4S. The lowest BCUT2D eigenvalue weighted by Gasteiger charge is -2.13. The maximum absolute atomic E-state index is 11.7. The van der Waals surface area contributed by atoms with Gasteiger partial charge in [0.15, 0.2) is 9.84 Å².